The minimum Gasteiger partial charge on any atom is -0.478 e. The van der Waals surface area contributed by atoms with Crippen LogP contribution in [-0.2, 0) is 0 Å². The number of rotatable bonds is 3. The summed E-state index contributed by atoms with van der Waals surface area (Å²) >= 11 is 1.71. The molecule has 0 spiro atoms. The Morgan fingerprint density at radius 1 is 1.21 bits per heavy atom. The van der Waals surface area contributed by atoms with E-state index in [0.29, 0.717) is 5.56 Å². The predicted octanol–water partition coefficient (Wildman–Crippen LogP) is 2.96. The van der Waals surface area contributed by atoms with E-state index in [1.54, 1.807) is 48.7 Å². The Hall–Kier alpha value is -1.42. The SMILES string of the molecule is O=C(O)c1ccccc1.[B][B][B]CC.c1ccsc1. The van der Waals surface area contributed by atoms with Gasteiger partial charge in [0.2, 0.25) is 0 Å². The lowest BCUT2D eigenvalue weighted by Crippen LogP contribution is -1.98. The summed E-state index contributed by atoms with van der Waals surface area (Å²) in [4.78, 5) is 10.2. The third kappa shape index (κ3) is 11.4. The maximum Gasteiger partial charge on any atom is 0.335 e. The smallest absolute Gasteiger partial charge is 0.335 e. The van der Waals surface area contributed by atoms with Crippen LogP contribution in [-0.4, -0.2) is 33.0 Å². The van der Waals surface area contributed by atoms with E-state index < -0.39 is 5.97 Å². The van der Waals surface area contributed by atoms with E-state index in [1.807, 2.05) is 37.0 Å². The maximum atomic E-state index is 10.2. The van der Waals surface area contributed by atoms with E-state index in [2.05, 4.69) is 0 Å². The molecule has 1 aromatic carbocycles. The number of carboxylic acids is 1. The Labute approximate surface area is 121 Å². The number of aromatic carboxylic acids is 1. The first kappa shape index (κ1) is 17.6. The van der Waals surface area contributed by atoms with Crippen molar-refractivity contribution < 1.29 is 9.90 Å². The molecule has 0 aliphatic carbocycles. The van der Waals surface area contributed by atoms with Crippen LogP contribution in [0.25, 0.3) is 0 Å². The number of carbonyl (C=O) groups is 1. The van der Waals surface area contributed by atoms with Crippen LogP contribution in [0.15, 0.2) is 53.2 Å². The molecule has 0 saturated heterocycles. The summed E-state index contributed by atoms with van der Waals surface area (Å²) in [6, 6.07) is 12.3. The predicted molar refractivity (Wildman–Crippen MR) is 85.5 cm³/mol. The van der Waals surface area contributed by atoms with Gasteiger partial charge in [0.05, 0.1) is 12.7 Å². The molecular formula is C13H15B3O2S. The van der Waals surface area contributed by atoms with E-state index in [9.17, 15) is 4.79 Å². The lowest BCUT2D eigenvalue weighted by Gasteiger charge is -1.88. The molecule has 4 radical (unpaired) electrons. The summed E-state index contributed by atoms with van der Waals surface area (Å²) < 4.78 is 0. The monoisotopic (exact) mass is 268 g/mol. The molecule has 0 fully saturated rings. The second-order valence-electron chi connectivity index (χ2n) is 3.30. The Balaban J connectivity index is 0.000000278. The van der Waals surface area contributed by atoms with Crippen molar-refractivity contribution in [1.82, 2.24) is 0 Å². The van der Waals surface area contributed by atoms with Crippen molar-refractivity contribution in [1.29, 1.82) is 0 Å². The second kappa shape index (κ2) is 13.0. The molecule has 6 heteroatoms. The molecule has 2 aromatic rings. The van der Waals surface area contributed by atoms with Crippen LogP contribution in [0, 0.1) is 0 Å². The van der Waals surface area contributed by atoms with Crippen LogP contribution in [0.5, 0.6) is 0 Å². The highest BCUT2D eigenvalue weighted by atomic mass is 32.1. The van der Waals surface area contributed by atoms with Gasteiger partial charge < -0.3 is 5.11 Å². The third-order valence-corrected chi connectivity index (χ3v) is 2.45. The molecule has 2 rings (SSSR count). The van der Waals surface area contributed by atoms with Gasteiger partial charge in [-0.2, -0.15) is 11.3 Å². The van der Waals surface area contributed by atoms with Gasteiger partial charge in [-0.15, -0.1) is 0 Å². The minimum atomic E-state index is -0.879. The van der Waals surface area contributed by atoms with Crippen molar-refractivity contribution in [2.75, 3.05) is 0 Å². The largest absolute Gasteiger partial charge is 0.478 e. The molecule has 1 heterocycles. The van der Waals surface area contributed by atoms with Crippen LogP contribution in [0.3, 0.4) is 0 Å². The van der Waals surface area contributed by atoms with Gasteiger partial charge in [-0.25, -0.2) is 4.79 Å². The van der Waals surface area contributed by atoms with Crippen LogP contribution in [0.2, 0.25) is 6.32 Å². The first-order valence-corrected chi connectivity index (χ1v) is 6.78. The first-order chi connectivity index (χ1) is 9.22. The van der Waals surface area contributed by atoms with Crippen LogP contribution in [0.4, 0.5) is 0 Å². The van der Waals surface area contributed by atoms with Gasteiger partial charge in [-0.1, -0.05) is 43.6 Å². The van der Waals surface area contributed by atoms with Gasteiger partial charge in [0.1, 0.15) is 0 Å². The summed E-state index contributed by atoms with van der Waals surface area (Å²) in [5.41, 5.74) is 0.331. The number of hydrogen-bond acceptors (Lipinski definition) is 2. The highest BCUT2D eigenvalue weighted by Crippen LogP contribution is 1.96. The lowest BCUT2D eigenvalue weighted by molar-refractivity contribution is 0.0697. The first-order valence-electron chi connectivity index (χ1n) is 5.84. The van der Waals surface area contributed by atoms with E-state index in [0.717, 1.165) is 6.32 Å². The molecule has 0 amide bonds. The average Bonchev–Trinajstić information content (AvgIpc) is 3.00. The molecule has 2 nitrogen and oxygen atoms in total. The highest BCUT2D eigenvalue weighted by molar-refractivity contribution is 7.23. The minimum absolute atomic E-state index is 0.331. The van der Waals surface area contributed by atoms with E-state index in [4.69, 9.17) is 12.8 Å². The Morgan fingerprint density at radius 3 is 2.00 bits per heavy atom. The molecule has 1 aromatic heterocycles. The lowest BCUT2D eigenvalue weighted by atomic mass is 9.27. The highest BCUT2D eigenvalue weighted by Gasteiger charge is 1.96. The van der Waals surface area contributed by atoms with Gasteiger partial charge in [0.25, 0.3) is 0 Å². The number of thiophene rings is 1. The average molecular weight is 268 g/mol. The van der Waals surface area contributed by atoms with E-state index in [-0.39, 0.29) is 0 Å². The van der Waals surface area contributed by atoms with Crippen LogP contribution in [0.1, 0.15) is 17.3 Å². The quantitative estimate of drug-likeness (QED) is 0.868. The fraction of sp³-hybridized carbons (Fsp3) is 0.154. The van der Waals surface area contributed by atoms with Gasteiger partial charge in [-0.05, 0) is 22.9 Å². The topological polar surface area (TPSA) is 37.3 Å². The summed E-state index contributed by atoms with van der Waals surface area (Å²) in [7, 11) is 8.42. The fourth-order valence-electron chi connectivity index (χ4n) is 0.944. The van der Waals surface area contributed by atoms with Crippen molar-refractivity contribution in [2.24, 2.45) is 0 Å². The summed E-state index contributed by atoms with van der Waals surface area (Å²) in [6.07, 6.45) is 1.04. The molecule has 0 aliphatic rings. The Bertz CT molecular complexity index is 388. The zero-order valence-corrected chi connectivity index (χ0v) is 11.7. The van der Waals surface area contributed by atoms with Crippen molar-refractivity contribution in [3.63, 3.8) is 0 Å². The maximum absolute atomic E-state index is 10.2. The van der Waals surface area contributed by atoms with Gasteiger partial charge in [0.15, 0.2) is 0 Å². The van der Waals surface area contributed by atoms with Crippen LogP contribution >= 0.6 is 11.3 Å². The number of benzene rings is 1. The van der Waals surface area contributed by atoms with Gasteiger partial charge >= 0.3 is 5.97 Å². The van der Waals surface area contributed by atoms with Crippen molar-refractivity contribution in [3.05, 3.63) is 58.8 Å². The second-order valence-corrected chi connectivity index (χ2v) is 4.12. The fourth-order valence-corrected chi connectivity index (χ4v) is 1.40. The van der Waals surface area contributed by atoms with E-state index in [1.165, 1.54) is 0 Å². The number of hydrogen-bond donors (Lipinski definition) is 1. The number of carboxylic acid groups (broad SMARTS) is 1. The molecule has 0 saturated carbocycles. The molecule has 19 heavy (non-hydrogen) atoms. The van der Waals surface area contributed by atoms with Crippen molar-refractivity contribution >= 4 is 39.3 Å². The normalized spacial score (nSPS) is 8.05. The zero-order chi connectivity index (χ0) is 14.3. The van der Waals surface area contributed by atoms with Gasteiger partial charge in [-0.3, -0.25) is 0 Å². The molecule has 0 bridgehead atoms. The summed E-state index contributed by atoms with van der Waals surface area (Å²) in [6.45, 7) is 2.04. The molecule has 0 unspecified atom stereocenters. The Morgan fingerprint density at radius 2 is 1.79 bits per heavy atom. The molecule has 0 aliphatic heterocycles. The van der Waals surface area contributed by atoms with E-state index >= 15 is 0 Å². The molecular weight excluding hydrogens is 253 g/mol. The summed E-state index contributed by atoms with van der Waals surface area (Å²) in [5, 5.41) is 12.5. The molecule has 94 valence electrons. The third-order valence-electron chi connectivity index (χ3n) is 1.82. The standard InChI is InChI=1S/C7H6O2.C4H4S.C2H5B3/c8-7(9)6-4-2-1-3-5-6;1-2-4-5-3-1;1-2-4-5-3/h1-5H,(H,8,9);1-4H;2H2,1H3. The molecule has 0 atom stereocenters. The Kier molecular flexibility index (Phi) is 12.1. The van der Waals surface area contributed by atoms with Crippen LogP contribution < -0.4 is 0 Å². The zero-order valence-electron chi connectivity index (χ0n) is 10.9. The van der Waals surface area contributed by atoms with Crippen molar-refractivity contribution in [3.8, 4) is 0 Å². The summed E-state index contributed by atoms with van der Waals surface area (Å²) in [5.74, 6) is -0.879. The molecule has 1 N–H and O–H groups in total. The van der Waals surface area contributed by atoms with Crippen molar-refractivity contribution in [2.45, 2.75) is 13.2 Å². The van der Waals surface area contributed by atoms with Gasteiger partial charge in [0, 0.05) is 14.8 Å².